The molecule has 13 nitrogen and oxygen atoms in total. The van der Waals surface area contributed by atoms with E-state index in [1.807, 2.05) is 17.9 Å². The molecule has 0 unspecified atom stereocenters. The number of nitrogens with zero attached hydrogens (tertiary/aromatic N) is 6. The minimum absolute atomic E-state index is 0.0505. The standard InChI is InChI=1S/C42H48N8O5/c1-25-13-31-19-43-33-18-36(26(2)14-32(33)40(53)50(31)20-25)55-12-8-9-38(52)44-37-24-48(7)39(45-37)35(51)16-27-15-34(47(6)21-27)41(54)49-22-28-10-11-30(17-29(28)23-49)46-42(3,4)5/h10-11,14-15,17-19,21,24,31,46H,1,8-9,12-13,16,20,22-23H2,2-7H3,(H,44,52)/t31-/m0/s1. The third kappa shape index (κ3) is 8.10. The van der Waals surface area contributed by atoms with Gasteiger partial charge in [0.1, 0.15) is 11.4 Å². The maximum atomic E-state index is 13.6. The Morgan fingerprint density at radius 3 is 2.56 bits per heavy atom. The maximum Gasteiger partial charge on any atom is 0.271 e. The predicted molar refractivity (Wildman–Crippen MR) is 211 cm³/mol. The van der Waals surface area contributed by atoms with E-state index < -0.39 is 0 Å². The van der Waals surface area contributed by atoms with Crippen LogP contribution in [-0.4, -0.2) is 78.4 Å². The molecule has 3 aliphatic heterocycles. The summed E-state index contributed by atoms with van der Waals surface area (Å²) in [5.74, 6) is 0.453. The number of aliphatic imine (C=N–C) groups is 1. The molecule has 0 spiro atoms. The zero-order valence-corrected chi connectivity index (χ0v) is 32.4. The first-order valence-corrected chi connectivity index (χ1v) is 18.6. The Morgan fingerprint density at radius 1 is 1.00 bits per heavy atom. The number of nitrogens with one attached hydrogen (secondary N) is 2. The minimum Gasteiger partial charge on any atom is -0.493 e. The number of anilines is 2. The Hall–Kier alpha value is -5.98. The van der Waals surface area contributed by atoms with E-state index in [0.29, 0.717) is 54.3 Å². The van der Waals surface area contributed by atoms with Crippen LogP contribution >= 0.6 is 0 Å². The number of aromatic nitrogens is 3. The summed E-state index contributed by atoms with van der Waals surface area (Å²) in [6, 6.07) is 11.5. The number of rotatable bonds is 11. The number of imidazole rings is 1. The predicted octanol–water partition coefficient (Wildman–Crippen LogP) is 6.14. The molecule has 1 atom stereocenters. The molecule has 2 N–H and O–H groups in total. The van der Waals surface area contributed by atoms with Crippen LogP contribution in [0.3, 0.4) is 0 Å². The maximum absolute atomic E-state index is 13.6. The Labute approximate surface area is 321 Å². The Kier molecular flexibility index (Phi) is 9.97. The van der Waals surface area contributed by atoms with Crippen molar-refractivity contribution in [1.82, 2.24) is 23.9 Å². The van der Waals surface area contributed by atoms with Gasteiger partial charge in [-0.15, -0.1) is 0 Å². The average Bonchev–Trinajstić information content (AvgIpc) is 3.88. The van der Waals surface area contributed by atoms with Crippen LogP contribution in [0.1, 0.15) is 93.8 Å². The highest BCUT2D eigenvalue weighted by atomic mass is 16.5. The molecule has 1 saturated heterocycles. The van der Waals surface area contributed by atoms with Crippen molar-refractivity contribution >= 4 is 46.9 Å². The Balaban J connectivity index is 0.897. The summed E-state index contributed by atoms with van der Waals surface area (Å²) in [5, 5.41) is 6.28. The molecule has 55 heavy (non-hydrogen) atoms. The molecule has 7 rings (SSSR count). The van der Waals surface area contributed by atoms with Gasteiger partial charge in [-0.1, -0.05) is 18.2 Å². The van der Waals surface area contributed by atoms with Gasteiger partial charge in [0.15, 0.2) is 11.6 Å². The number of carbonyl (C=O) groups is 4. The van der Waals surface area contributed by atoms with Gasteiger partial charge in [-0.3, -0.25) is 24.2 Å². The van der Waals surface area contributed by atoms with Crippen LogP contribution in [0.15, 0.2) is 65.9 Å². The van der Waals surface area contributed by atoms with E-state index in [4.69, 9.17) is 4.74 Å². The molecular weight excluding hydrogens is 697 g/mol. The second kappa shape index (κ2) is 14.7. The van der Waals surface area contributed by atoms with Crippen molar-refractivity contribution in [3.8, 4) is 5.75 Å². The normalized spacial score (nSPS) is 16.1. The summed E-state index contributed by atoms with van der Waals surface area (Å²) < 4.78 is 9.36. The van der Waals surface area contributed by atoms with Gasteiger partial charge in [0.05, 0.1) is 23.9 Å². The molecule has 286 valence electrons. The van der Waals surface area contributed by atoms with Gasteiger partial charge in [0, 0.05) is 82.5 Å². The Morgan fingerprint density at radius 2 is 1.78 bits per heavy atom. The van der Waals surface area contributed by atoms with Crippen molar-refractivity contribution in [2.45, 2.75) is 78.0 Å². The number of carbonyl (C=O) groups excluding carboxylic acids is 4. The van der Waals surface area contributed by atoms with E-state index in [9.17, 15) is 19.2 Å². The first-order valence-electron chi connectivity index (χ1n) is 18.6. The van der Waals surface area contributed by atoms with E-state index >= 15 is 0 Å². The zero-order valence-electron chi connectivity index (χ0n) is 32.4. The molecule has 0 bridgehead atoms. The number of amides is 3. The van der Waals surface area contributed by atoms with Gasteiger partial charge < -0.3 is 34.3 Å². The number of ketones is 1. The number of ether oxygens (including phenoxy) is 1. The van der Waals surface area contributed by atoms with Crippen LogP contribution in [0, 0.1) is 6.92 Å². The molecule has 2 aromatic heterocycles. The first kappa shape index (κ1) is 37.3. The van der Waals surface area contributed by atoms with Crippen molar-refractivity contribution < 1.29 is 23.9 Å². The van der Waals surface area contributed by atoms with E-state index in [0.717, 1.165) is 34.4 Å². The first-order chi connectivity index (χ1) is 26.1. The summed E-state index contributed by atoms with van der Waals surface area (Å²) >= 11 is 0. The average molecular weight is 745 g/mol. The van der Waals surface area contributed by atoms with Crippen LogP contribution in [0.4, 0.5) is 17.2 Å². The van der Waals surface area contributed by atoms with E-state index in [1.54, 1.807) is 58.9 Å². The molecule has 3 amide bonds. The summed E-state index contributed by atoms with van der Waals surface area (Å²) in [6.07, 6.45) is 6.60. The van der Waals surface area contributed by atoms with Crippen molar-refractivity contribution in [3.05, 3.63) is 100 Å². The highest BCUT2D eigenvalue weighted by molar-refractivity contribution is 6.03. The highest BCUT2D eigenvalue weighted by Crippen LogP contribution is 2.35. The van der Waals surface area contributed by atoms with Crippen LogP contribution in [0.25, 0.3) is 0 Å². The summed E-state index contributed by atoms with van der Waals surface area (Å²) in [4.78, 5) is 65.5. The van der Waals surface area contributed by atoms with Gasteiger partial charge in [-0.25, -0.2) is 4.98 Å². The van der Waals surface area contributed by atoms with Gasteiger partial charge in [-0.2, -0.15) is 0 Å². The monoisotopic (exact) mass is 744 g/mol. The second-order valence-corrected chi connectivity index (χ2v) is 15.9. The van der Waals surface area contributed by atoms with Gasteiger partial charge >= 0.3 is 0 Å². The SMILES string of the molecule is C=C1C[C@H]2C=Nc3cc(OCCCC(=O)Nc4cn(C)c(C(=O)Cc5cc(C(=O)N6Cc7ccc(NC(C)(C)C)cc7C6)n(C)c5)n4)c(C)cc3C(=O)N2C1. The van der Waals surface area contributed by atoms with Gasteiger partial charge in [-0.05, 0) is 87.1 Å². The molecule has 3 aliphatic rings. The number of fused-ring (bicyclic) bond motifs is 3. The number of hydrogen-bond donors (Lipinski definition) is 2. The largest absolute Gasteiger partial charge is 0.493 e. The van der Waals surface area contributed by atoms with Crippen molar-refractivity contribution in [2.24, 2.45) is 19.1 Å². The second-order valence-electron chi connectivity index (χ2n) is 15.9. The van der Waals surface area contributed by atoms with E-state index in [1.165, 1.54) is 0 Å². The molecule has 0 radical (unpaired) electrons. The fourth-order valence-corrected chi connectivity index (χ4v) is 7.44. The van der Waals surface area contributed by atoms with Crippen LogP contribution in [-0.2, 0) is 38.4 Å². The zero-order chi connectivity index (χ0) is 39.2. The smallest absolute Gasteiger partial charge is 0.271 e. The fourth-order valence-electron chi connectivity index (χ4n) is 7.44. The number of benzene rings is 2. The number of aryl methyl sites for hydroxylation is 3. The van der Waals surface area contributed by atoms with Gasteiger partial charge in [0.2, 0.25) is 11.7 Å². The van der Waals surface area contributed by atoms with Crippen LogP contribution < -0.4 is 15.4 Å². The minimum atomic E-state index is -0.256. The molecule has 13 heteroatoms. The van der Waals surface area contributed by atoms with Crippen molar-refractivity contribution in [3.63, 3.8) is 0 Å². The van der Waals surface area contributed by atoms with Crippen molar-refractivity contribution in [1.29, 1.82) is 0 Å². The number of Topliss-reactive ketones (excluding diaryl/α,β-unsaturated/α-hetero) is 1. The van der Waals surface area contributed by atoms with E-state index in [2.05, 4.69) is 66.2 Å². The van der Waals surface area contributed by atoms with Crippen LogP contribution in [0.5, 0.6) is 5.75 Å². The van der Waals surface area contributed by atoms with E-state index in [-0.39, 0.29) is 66.2 Å². The van der Waals surface area contributed by atoms with Crippen molar-refractivity contribution in [2.75, 3.05) is 23.8 Å². The molecule has 0 aliphatic carbocycles. The Bertz CT molecular complexity index is 2260. The third-order valence-electron chi connectivity index (χ3n) is 10.0. The molecule has 4 aromatic rings. The fraction of sp³-hybridized carbons (Fsp3) is 0.381. The topological polar surface area (TPSA) is 143 Å². The van der Waals surface area contributed by atoms with Gasteiger partial charge in [0.25, 0.3) is 11.8 Å². The third-order valence-corrected chi connectivity index (χ3v) is 10.0. The van der Waals surface area contributed by atoms with Crippen LogP contribution in [0.2, 0.25) is 0 Å². The lowest BCUT2D eigenvalue weighted by Crippen LogP contribution is -2.35. The summed E-state index contributed by atoms with van der Waals surface area (Å²) in [6.45, 7) is 14.1. The molecule has 5 heterocycles. The lowest BCUT2D eigenvalue weighted by molar-refractivity contribution is -0.116. The lowest BCUT2D eigenvalue weighted by Gasteiger charge is -2.22. The summed E-state index contributed by atoms with van der Waals surface area (Å²) in [5.41, 5.74) is 7.36. The molecule has 1 fully saturated rings. The molecule has 2 aromatic carbocycles. The summed E-state index contributed by atoms with van der Waals surface area (Å²) in [7, 11) is 3.51. The highest BCUT2D eigenvalue weighted by Gasteiger charge is 2.34. The lowest BCUT2D eigenvalue weighted by atomic mass is 10.1. The molecule has 0 saturated carbocycles. The molecular formula is C42H48N8O5. The quantitative estimate of drug-likeness (QED) is 0.107. The number of hydrogen-bond acceptors (Lipinski definition) is 8.